The van der Waals surface area contributed by atoms with E-state index in [0.717, 1.165) is 11.8 Å². The van der Waals surface area contributed by atoms with Crippen molar-refractivity contribution in [3.8, 4) is 0 Å². The average molecular weight is 228 g/mol. The van der Waals surface area contributed by atoms with Gasteiger partial charge in [0.1, 0.15) is 0 Å². The highest BCUT2D eigenvalue weighted by Gasteiger charge is 2.42. The number of piperidine rings is 1. The van der Waals surface area contributed by atoms with E-state index in [1.807, 2.05) is 0 Å². The maximum atomic E-state index is 4.48. The van der Waals surface area contributed by atoms with Gasteiger partial charge in [-0.3, -0.25) is 0 Å². The van der Waals surface area contributed by atoms with Crippen LogP contribution in [0.2, 0.25) is 0 Å². The number of hydrogen-bond donors (Lipinski definition) is 1. The molecule has 2 rings (SSSR count). The molecule has 3 heteroatoms. The van der Waals surface area contributed by atoms with Crippen LogP contribution in [0.1, 0.15) is 25.7 Å². The van der Waals surface area contributed by atoms with Gasteiger partial charge in [0, 0.05) is 19.1 Å². The van der Waals surface area contributed by atoms with E-state index in [-0.39, 0.29) is 0 Å². The van der Waals surface area contributed by atoms with E-state index in [4.69, 9.17) is 0 Å². The van der Waals surface area contributed by atoms with E-state index >= 15 is 0 Å². The summed E-state index contributed by atoms with van der Waals surface area (Å²) in [5, 5.41) is 0. The van der Waals surface area contributed by atoms with Crippen LogP contribution in [-0.2, 0) is 0 Å². The molecule has 1 atom stereocenters. The van der Waals surface area contributed by atoms with Gasteiger partial charge in [-0.15, -0.1) is 0 Å². The minimum atomic E-state index is 0.577. The Labute approximate surface area is 99.4 Å². The van der Waals surface area contributed by atoms with Gasteiger partial charge >= 0.3 is 0 Å². The van der Waals surface area contributed by atoms with Gasteiger partial charge < -0.3 is 9.80 Å². The maximum Gasteiger partial charge on any atom is 0.0220 e. The van der Waals surface area contributed by atoms with E-state index in [9.17, 15) is 0 Å². The Morgan fingerprint density at radius 2 is 2.20 bits per heavy atom. The van der Waals surface area contributed by atoms with Gasteiger partial charge in [0.2, 0.25) is 0 Å². The Bertz CT molecular complexity index is 216. The fourth-order valence-electron chi connectivity index (χ4n) is 2.70. The highest BCUT2D eigenvalue weighted by atomic mass is 32.1. The molecule has 1 saturated heterocycles. The van der Waals surface area contributed by atoms with Gasteiger partial charge in [-0.2, -0.15) is 12.6 Å². The standard InChI is InChI=1S/C12H24N2S/c1-13-7-3-4-11(8-13)14(2)9-12(10-15)5-6-12/h11,15H,3-10H2,1-2H3. The molecule has 1 aliphatic heterocycles. The molecule has 0 amide bonds. The topological polar surface area (TPSA) is 6.48 Å². The third kappa shape index (κ3) is 2.89. The van der Waals surface area contributed by atoms with Gasteiger partial charge in [-0.25, -0.2) is 0 Å². The predicted octanol–water partition coefficient (Wildman–Crippen LogP) is 1.72. The van der Waals surface area contributed by atoms with E-state index in [2.05, 4.69) is 36.5 Å². The Hall–Kier alpha value is 0.270. The predicted molar refractivity (Wildman–Crippen MR) is 68.7 cm³/mol. The van der Waals surface area contributed by atoms with Crippen molar-refractivity contribution in [1.29, 1.82) is 0 Å². The molecule has 0 aromatic rings. The van der Waals surface area contributed by atoms with Crippen LogP contribution in [0.4, 0.5) is 0 Å². The number of thiol groups is 1. The first-order valence-electron chi connectivity index (χ1n) is 6.15. The van der Waals surface area contributed by atoms with Crippen LogP contribution < -0.4 is 0 Å². The number of likely N-dealkylation sites (tertiary alicyclic amines) is 1. The summed E-state index contributed by atoms with van der Waals surface area (Å²) in [6.45, 7) is 3.79. The molecule has 0 N–H and O–H groups in total. The van der Waals surface area contributed by atoms with Gasteiger partial charge in [0.25, 0.3) is 0 Å². The molecular weight excluding hydrogens is 204 g/mol. The Morgan fingerprint density at radius 1 is 1.47 bits per heavy atom. The highest BCUT2D eigenvalue weighted by Crippen LogP contribution is 2.47. The normalized spacial score (nSPS) is 30.8. The average Bonchev–Trinajstić information content (AvgIpc) is 2.98. The molecular formula is C12H24N2S. The lowest BCUT2D eigenvalue weighted by Gasteiger charge is -2.37. The second-order valence-corrected chi connectivity index (χ2v) is 5.95. The summed E-state index contributed by atoms with van der Waals surface area (Å²) in [6, 6.07) is 0.779. The summed E-state index contributed by atoms with van der Waals surface area (Å²) in [7, 11) is 4.54. The molecule has 0 radical (unpaired) electrons. The Balaban J connectivity index is 1.82. The smallest absolute Gasteiger partial charge is 0.0220 e. The fourth-order valence-corrected chi connectivity index (χ4v) is 3.12. The molecule has 0 spiro atoms. The van der Waals surface area contributed by atoms with Crippen molar-refractivity contribution < 1.29 is 0 Å². The van der Waals surface area contributed by atoms with Gasteiger partial charge in [-0.1, -0.05) is 0 Å². The van der Waals surface area contributed by atoms with Crippen LogP contribution in [0.5, 0.6) is 0 Å². The summed E-state index contributed by atoms with van der Waals surface area (Å²) >= 11 is 4.48. The third-order valence-electron chi connectivity index (χ3n) is 4.10. The van der Waals surface area contributed by atoms with E-state index in [1.54, 1.807) is 0 Å². The molecule has 0 aromatic heterocycles. The summed E-state index contributed by atoms with van der Waals surface area (Å²) in [4.78, 5) is 5.05. The van der Waals surface area contributed by atoms with Crippen LogP contribution in [0, 0.1) is 5.41 Å². The molecule has 0 bridgehead atoms. The molecule has 2 fully saturated rings. The van der Waals surface area contributed by atoms with Crippen molar-refractivity contribution in [2.45, 2.75) is 31.7 Å². The van der Waals surface area contributed by atoms with Crippen LogP contribution in [0.3, 0.4) is 0 Å². The summed E-state index contributed by atoms with van der Waals surface area (Å²) in [5.41, 5.74) is 0.577. The van der Waals surface area contributed by atoms with Crippen molar-refractivity contribution in [2.24, 2.45) is 5.41 Å². The molecule has 2 aliphatic rings. The van der Waals surface area contributed by atoms with E-state index in [1.165, 1.54) is 45.3 Å². The summed E-state index contributed by atoms with van der Waals surface area (Å²) in [5.74, 6) is 1.07. The Morgan fingerprint density at radius 3 is 2.73 bits per heavy atom. The third-order valence-corrected chi connectivity index (χ3v) is 4.77. The van der Waals surface area contributed by atoms with Crippen molar-refractivity contribution in [3.63, 3.8) is 0 Å². The van der Waals surface area contributed by atoms with Crippen molar-refractivity contribution >= 4 is 12.6 Å². The van der Waals surface area contributed by atoms with Crippen LogP contribution in [-0.4, -0.2) is 55.3 Å². The largest absolute Gasteiger partial charge is 0.305 e. The lowest BCUT2D eigenvalue weighted by molar-refractivity contribution is 0.119. The SMILES string of the molecule is CN1CCCC(N(C)CC2(CS)CC2)C1. The molecule has 15 heavy (non-hydrogen) atoms. The molecule has 88 valence electrons. The van der Waals surface area contributed by atoms with Crippen LogP contribution in [0.25, 0.3) is 0 Å². The van der Waals surface area contributed by atoms with Crippen LogP contribution >= 0.6 is 12.6 Å². The van der Waals surface area contributed by atoms with Crippen molar-refractivity contribution in [2.75, 3.05) is 39.5 Å². The van der Waals surface area contributed by atoms with E-state index in [0.29, 0.717) is 5.41 Å². The summed E-state index contributed by atoms with van der Waals surface area (Å²) < 4.78 is 0. The zero-order chi connectivity index (χ0) is 10.9. The van der Waals surface area contributed by atoms with E-state index < -0.39 is 0 Å². The second kappa shape index (κ2) is 4.64. The van der Waals surface area contributed by atoms with Crippen LogP contribution in [0.15, 0.2) is 0 Å². The lowest BCUT2D eigenvalue weighted by Crippen LogP contribution is -2.46. The minimum Gasteiger partial charge on any atom is -0.305 e. The monoisotopic (exact) mass is 228 g/mol. The number of nitrogens with zero attached hydrogens (tertiary/aromatic N) is 2. The molecule has 0 aromatic carbocycles. The molecule has 1 unspecified atom stereocenters. The van der Waals surface area contributed by atoms with Gasteiger partial charge in [0.05, 0.1) is 0 Å². The van der Waals surface area contributed by atoms with Gasteiger partial charge in [-0.05, 0) is 57.5 Å². The first-order valence-corrected chi connectivity index (χ1v) is 6.78. The first kappa shape index (κ1) is 11.7. The zero-order valence-electron chi connectivity index (χ0n) is 10.1. The van der Waals surface area contributed by atoms with Gasteiger partial charge in [0.15, 0.2) is 0 Å². The fraction of sp³-hybridized carbons (Fsp3) is 1.00. The van der Waals surface area contributed by atoms with Crippen molar-refractivity contribution in [1.82, 2.24) is 9.80 Å². The zero-order valence-corrected chi connectivity index (χ0v) is 11.0. The lowest BCUT2D eigenvalue weighted by atomic mass is 10.0. The molecule has 1 saturated carbocycles. The quantitative estimate of drug-likeness (QED) is 0.732. The minimum absolute atomic E-state index is 0.577. The maximum absolute atomic E-state index is 4.48. The second-order valence-electron chi connectivity index (χ2n) is 5.63. The molecule has 2 nitrogen and oxygen atoms in total. The summed E-state index contributed by atoms with van der Waals surface area (Å²) in [6.07, 6.45) is 5.52. The Kier molecular flexibility index (Phi) is 3.63. The first-order chi connectivity index (χ1) is 7.15. The molecule has 1 aliphatic carbocycles. The molecule has 1 heterocycles. The highest BCUT2D eigenvalue weighted by molar-refractivity contribution is 7.80. The van der Waals surface area contributed by atoms with Crippen molar-refractivity contribution in [3.05, 3.63) is 0 Å². The number of likely N-dealkylation sites (N-methyl/N-ethyl adjacent to an activating group) is 2. The number of rotatable bonds is 4. The number of hydrogen-bond acceptors (Lipinski definition) is 3.